The quantitative estimate of drug-likeness (QED) is 0.827. The SMILES string of the molecule is Cc1cccc(C)c1-c1nc(SCC(=O)O)n[nH]1. The zero-order valence-electron chi connectivity index (χ0n) is 10.1. The number of thioether (sulfide) groups is 1. The van der Waals surface area contributed by atoms with Crippen molar-refractivity contribution in [2.24, 2.45) is 0 Å². The van der Waals surface area contributed by atoms with Gasteiger partial charge in [-0.05, 0) is 25.0 Å². The second-order valence-electron chi connectivity index (χ2n) is 3.92. The number of nitrogens with one attached hydrogen (secondary N) is 1. The molecular weight excluding hydrogens is 250 g/mol. The second-order valence-corrected chi connectivity index (χ2v) is 4.86. The number of hydrogen-bond acceptors (Lipinski definition) is 4. The number of H-pyrrole nitrogens is 1. The van der Waals surface area contributed by atoms with E-state index < -0.39 is 5.97 Å². The summed E-state index contributed by atoms with van der Waals surface area (Å²) in [4.78, 5) is 14.8. The maximum absolute atomic E-state index is 10.5. The van der Waals surface area contributed by atoms with Gasteiger partial charge in [-0.2, -0.15) is 0 Å². The molecule has 0 saturated heterocycles. The summed E-state index contributed by atoms with van der Waals surface area (Å²) in [7, 11) is 0. The van der Waals surface area contributed by atoms with E-state index in [1.165, 1.54) is 0 Å². The standard InChI is InChI=1S/C12H13N3O2S/c1-7-4-3-5-8(2)10(7)11-13-12(15-14-11)18-6-9(16)17/h3-5H,6H2,1-2H3,(H,16,17)(H,13,14,15). The Morgan fingerprint density at radius 2 is 2.06 bits per heavy atom. The highest BCUT2D eigenvalue weighted by atomic mass is 32.2. The number of carboxylic acids is 1. The molecule has 1 aromatic heterocycles. The Kier molecular flexibility index (Phi) is 3.66. The van der Waals surface area contributed by atoms with Crippen molar-refractivity contribution in [3.05, 3.63) is 29.3 Å². The number of aromatic nitrogens is 3. The molecule has 2 rings (SSSR count). The highest BCUT2D eigenvalue weighted by Gasteiger charge is 2.11. The monoisotopic (exact) mass is 263 g/mol. The van der Waals surface area contributed by atoms with Gasteiger partial charge in [0.2, 0.25) is 5.16 Å². The number of nitrogens with zero attached hydrogens (tertiary/aromatic N) is 2. The van der Waals surface area contributed by atoms with Gasteiger partial charge in [0.15, 0.2) is 5.82 Å². The van der Waals surface area contributed by atoms with Crippen molar-refractivity contribution in [2.75, 3.05) is 5.75 Å². The molecule has 0 radical (unpaired) electrons. The smallest absolute Gasteiger partial charge is 0.313 e. The molecule has 0 aliphatic carbocycles. The van der Waals surface area contributed by atoms with E-state index in [1.54, 1.807) is 0 Å². The highest BCUT2D eigenvalue weighted by Crippen LogP contribution is 2.25. The maximum Gasteiger partial charge on any atom is 0.313 e. The lowest BCUT2D eigenvalue weighted by Crippen LogP contribution is -1.97. The molecule has 0 fully saturated rings. The lowest BCUT2D eigenvalue weighted by Gasteiger charge is -2.05. The van der Waals surface area contributed by atoms with Crippen molar-refractivity contribution < 1.29 is 9.90 Å². The van der Waals surface area contributed by atoms with Crippen LogP contribution in [0.2, 0.25) is 0 Å². The van der Waals surface area contributed by atoms with E-state index >= 15 is 0 Å². The summed E-state index contributed by atoms with van der Waals surface area (Å²) in [6.07, 6.45) is 0. The number of aliphatic carboxylic acids is 1. The minimum atomic E-state index is -0.876. The van der Waals surface area contributed by atoms with Crippen LogP contribution in [0.5, 0.6) is 0 Å². The van der Waals surface area contributed by atoms with Crippen LogP contribution in [0.15, 0.2) is 23.4 Å². The van der Waals surface area contributed by atoms with Crippen molar-refractivity contribution in [3.8, 4) is 11.4 Å². The Hall–Kier alpha value is -1.82. The first-order chi connectivity index (χ1) is 8.58. The molecule has 2 aromatic rings. The van der Waals surface area contributed by atoms with E-state index in [-0.39, 0.29) is 5.75 Å². The molecule has 0 unspecified atom stereocenters. The number of aromatic amines is 1. The zero-order chi connectivity index (χ0) is 13.1. The predicted molar refractivity (Wildman–Crippen MR) is 69.7 cm³/mol. The van der Waals surface area contributed by atoms with E-state index in [1.807, 2.05) is 32.0 Å². The molecule has 0 aliphatic rings. The molecule has 0 spiro atoms. The minimum Gasteiger partial charge on any atom is -0.481 e. The lowest BCUT2D eigenvalue weighted by molar-refractivity contribution is -0.133. The van der Waals surface area contributed by atoms with Crippen molar-refractivity contribution >= 4 is 17.7 Å². The largest absolute Gasteiger partial charge is 0.481 e. The van der Waals surface area contributed by atoms with Crippen LogP contribution >= 0.6 is 11.8 Å². The van der Waals surface area contributed by atoms with Gasteiger partial charge in [0.25, 0.3) is 0 Å². The van der Waals surface area contributed by atoms with Gasteiger partial charge in [0, 0.05) is 5.56 Å². The number of aryl methyl sites for hydroxylation is 2. The summed E-state index contributed by atoms with van der Waals surface area (Å²) in [6, 6.07) is 6.01. The van der Waals surface area contributed by atoms with Crippen LogP contribution in [0.3, 0.4) is 0 Å². The summed E-state index contributed by atoms with van der Waals surface area (Å²) >= 11 is 1.10. The molecule has 2 N–H and O–H groups in total. The first-order valence-corrected chi connectivity index (χ1v) is 6.40. The third-order valence-corrected chi connectivity index (χ3v) is 3.34. The van der Waals surface area contributed by atoms with Gasteiger partial charge in [-0.3, -0.25) is 9.89 Å². The molecule has 1 aromatic carbocycles. The first kappa shape index (κ1) is 12.6. The highest BCUT2D eigenvalue weighted by molar-refractivity contribution is 7.99. The number of carbonyl (C=O) groups is 1. The van der Waals surface area contributed by atoms with E-state index in [4.69, 9.17) is 5.11 Å². The molecule has 0 bridgehead atoms. The third-order valence-electron chi connectivity index (χ3n) is 2.51. The van der Waals surface area contributed by atoms with Crippen molar-refractivity contribution in [3.63, 3.8) is 0 Å². The molecule has 0 atom stereocenters. The van der Waals surface area contributed by atoms with E-state index in [9.17, 15) is 4.79 Å². The summed E-state index contributed by atoms with van der Waals surface area (Å²) in [5.41, 5.74) is 3.24. The summed E-state index contributed by atoms with van der Waals surface area (Å²) in [5.74, 6) is -0.235. The second kappa shape index (κ2) is 5.22. The molecule has 0 aliphatic heterocycles. The normalized spacial score (nSPS) is 10.6. The Morgan fingerprint density at radius 1 is 1.39 bits per heavy atom. The molecule has 18 heavy (non-hydrogen) atoms. The third kappa shape index (κ3) is 2.70. The number of hydrogen-bond donors (Lipinski definition) is 2. The molecule has 6 heteroatoms. The average Bonchev–Trinajstić information content (AvgIpc) is 2.75. The number of carboxylic acid groups (broad SMARTS) is 1. The fraction of sp³-hybridized carbons (Fsp3) is 0.250. The topological polar surface area (TPSA) is 78.9 Å². The van der Waals surface area contributed by atoms with Gasteiger partial charge in [0.05, 0.1) is 5.75 Å². The van der Waals surface area contributed by atoms with Gasteiger partial charge in [0.1, 0.15) is 0 Å². The van der Waals surface area contributed by atoms with Crippen LogP contribution in [0, 0.1) is 13.8 Å². The fourth-order valence-corrected chi connectivity index (χ4v) is 2.26. The molecule has 0 saturated carbocycles. The van der Waals surface area contributed by atoms with Gasteiger partial charge in [-0.25, -0.2) is 4.98 Å². The van der Waals surface area contributed by atoms with Crippen LogP contribution in [-0.4, -0.2) is 32.0 Å². The Labute approximate surface area is 109 Å². The predicted octanol–water partition coefficient (Wildman–Crippen LogP) is 2.27. The maximum atomic E-state index is 10.5. The zero-order valence-corrected chi connectivity index (χ0v) is 10.9. The Morgan fingerprint density at radius 3 is 2.67 bits per heavy atom. The summed E-state index contributed by atoms with van der Waals surface area (Å²) < 4.78 is 0. The van der Waals surface area contributed by atoms with Crippen molar-refractivity contribution in [1.29, 1.82) is 0 Å². The van der Waals surface area contributed by atoms with Gasteiger partial charge in [-0.1, -0.05) is 30.0 Å². The molecule has 1 heterocycles. The van der Waals surface area contributed by atoms with E-state index in [2.05, 4.69) is 15.2 Å². The van der Waals surface area contributed by atoms with Crippen molar-refractivity contribution in [1.82, 2.24) is 15.2 Å². The van der Waals surface area contributed by atoms with E-state index in [0.717, 1.165) is 28.5 Å². The Balaban J connectivity index is 2.27. The lowest BCUT2D eigenvalue weighted by atomic mass is 10.0. The minimum absolute atomic E-state index is 0.0377. The average molecular weight is 263 g/mol. The fourth-order valence-electron chi connectivity index (χ4n) is 1.74. The van der Waals surface area contributed by atoms with Crippen LogP contribution in [-0.2, 0) is 4.79 Å². The molecular formula is C12H13N3O2S. The van der Waals surface area contributed by atoms with Crippen LogP contribution < -0.4 is 0 Å². The number of rotatable bonds is 4. The van der Waals surface area contributed by atoms with Crippen LogP contribution in [0.4, 0.5) is 0 Å². The number of benzene rings is 1. The summed E-state index contributed by atoms with van der Waals surface area (Å²) in [5, 5.41) is 15.9. The van der Waals surface area contributed by atoms with Gasteiger partial charge >= 0.3 is 5.97 Å². The first-order valence-electron chi connectivity index (χ1n) is 5.41. The van der Waals surface area contributed by atoms with Gasteiger partial charge in [-0.15, -0.1) is 5.10 Å². The summed E-state index contributed by atoms with van der Waals surface area (Å²) in [6.45, 7) is 4.02. The molecule has 5 nitrogen and oxygen atoms in total. The van der Waals surface area contributed by atoms with E-state index in [0.29, 0.717) is 11.0 Å². The van der Waals surface area contributed by atoms with Crippen LogP contribution in [0.25, 0.3) is 11.4 Å². The molecule has 0 amide bonds. The van der Waals surface area contributed by atoms with Crippen molar-refractivity contribution in [2.45, 2.75) is 19.0 Å². The Bertz CT molecular complexity index is 560. The van der Waals surface area contributed by atoms with Gasteiger partial charge < -0.3 is 5.11 Å². The van der Waals surface area contributed by atoms with Crippen LogP contribution in [0.1, 0.15) is 11.1 Å². The molecule has 94 valence electrons.